The lowest BCUT2D eigenvalue weighted by atomic mass is 9.84. The number of benzene rings is 1. The van der Waals surface area contributed by atoms with Gasteiger partial charge in [-0.2, -0.15) is 0 Å². The molecule has 0 spiro atoms. The van der Waals surface area contributed by atoms with E-state index in [1.165, 1.54) is 31.2 Å². The van der Waals surface area contributed by atoms with Gasteiger partial charge in [-0.1, -0.05) is 44.4 Å². The number of ether oxygens (including phenoxy) is 1. The maximum absolute atomic E-state index is 5.75. The number of para-hydroxylation sites is 1. The van der Waals surface area contributed by atoms with Crippen molar-refractivity contribution in [1.29, 1.82) is 0 Å². The second-order valence-electron chi connectivity index (χ2n) is 5.17. The number of nitrogens with one attached hydrogen (secondary N) is 1. The van der Waals surface area contributed by atoms with Crippen LogP contribution in [0.5, 0.6) is 5.75 Å². The first kappa shape index (κ1) is 13.4. The van der Waals surface area contributed by atoms with Crippen LogP contribution >= 0.6 is 0 Å². The van der Waals surface area contributed by atoms with Gasteiger partial charge in [0.1, 0.15) is 5.75 Å². The molecule has 18 heavy (non-hydrogen) atoms. The van der Waals surface area contributed by atoms with Crippen molar-refractivity contribution in [3.63, 3.8) is 0 Å². The quantitative estimate of drug-likeness (QED) is 0.774. The number of hydrogen-bond acceptors (Lipinski definition) is 2. The van der Waals surface area contributed by atoms with E-state index in [0.717, 1.165) is 18.8 Å². The van der Waals surface area contributed by atoms with E-state index in [9.17, 15) is 0 Å². The summed E-state index contributed by atoms with van der Waals surface area (Å²) in [6.45, 7) is 3.12. The molecule has 1 aromatic rings. The number of unbranched alkanes of at least 4 members (excludes halogenated alkanes) is 2. The zero-order chi connectivity index (χ0) is 12.8. The van der Waals surface area contributed by atoms with Gasteiger partial charge in [0, 0.05) is 12.0 Å². The summed E-state index contributed by atoms with van der Waals surface area (Å²) in [5.74, 6) is 1.70. The van der Waals surface area contributed by atoms with E-state index < -0.39 is 0 Å². The van der Waals surface area contributed by atoms with Gasteiger partial charge in [0.25, 0.3) is 0 Å². The molecule has 1 aromatic carbocycles. The first-order chi connectivity index (χ1) is 8.86. The van der Waals surface area contributed by atoms with Crippen molar-refractivity contribution in [2.45, 2.75) is 51.0 Å². The molecule has 0 radical (unpaired) electrons. The molecule has 0 saturated carbocycles. The van der Waals surface area contributed by atoms with Gasteiger partial charge >= 0.3 is 0 Å². The summed E-state index contributed by atoms with van der Waals surface area (Å²) >= 11 is 0. The molecule has 1 N–H and O–H groups in total. The van der Waals surface area contributed by atoms with E-state index in [0.29, 0.717) is 12.0 Å². The molecule has 100 valence electrons. The van der Waals surface area contributed by atoms with Crippen LogP contribution in [0.2, 0.25) is 0 Å². The summed E-state index contributed by atoms with van der Waals surface area (Å²) in [5.41, 5.74) is 1.39. The lowest BCUT2D eigenvalue weighted by Crippen LogP contribution is -2.35. The molecule has 0 amide bonds. The Bertz CT molecular complexity index is 364. The normalized spacial score (nSPS) is 20.0. The van der Waals surface area contributed by atoms with Gasteiger partial charge in [0.05, 0.1) is 6.61 Å². The highest BCUT2D eigenvalue weighted by atomic mass is 16.5. The molecule has 2 atom stereocenters. The first-order valence-electron chi connectivity index (χ1n) is 7.25. The maximum Gasteiger partial charge on any atom is 0.122 e. The third kappa shape index (κ3) is 3.05. The number of likely N-dealkylation sites (N-methyl/N-ethyl adjacent to an activating group) is 1. The Hall–Kier alpha value is -1.02. The first-order valence-corrected chi connectivity index (χ1v) is 7.25. The van der Waals surface area contributed by atoms with Gasteiger partial charge in [-0.3, -0.25) is 0 Å². The lowest BCUT2D eigenvalue weighted by molar-refractivity contribution is 0.243. The Morgan fingerprint density at radius 1 is 1.33 bits per heavy atom. The second kappa shape index (κ2) is 6.79. The maximum atomic E-state index is 5.75. The van der Waals surface area contributed by atoms with Crippen LogP contribution < -0.4 is 10.1 Å². The Labute approximate surface area is 111 Å². The van der Waals surface area contributed by atoms with Gasteiger partial charge in [0.2, 0.25) is 0 Å². The lowest BCUT2D eigenvalue weighted by Gasteiger charge is -2.32. The summed E-state index contributed by atoms with van der Waals surface area (Å²) in [6, 6.07) is 9.09. The Balaban J connectivity index is 2.07. The number of rotatable bonds is 6. The molecule has 0 aromatic heterocycles. The molecule has 0 fully saturated rings. The minimum absolute atomic E-state index is 0.585. The highest BCUT2D eigenvalue weighted by Crippen LogP contribution is 2.36. The van der Waals surface area contributed by atoms with Crippen LogP contribution in [0.15, 0.2) is 24.3 Å². The van der Waals surface area contributed by atoms with E-state index >= 15 is 0 Å². The molecule has 0 bridgehead atoms. The molecule has 1 aliphatic heterocycles. The molecule has 0 aliphatic carbocycles. The van der Waals surface area contributed by atoms with E-state index in [2.05, 4.69) is 43.6 Å². The van der Waals surface area contributed by atoms with Crippen molar-refractivity contribution in [3.8, 4) is 5.75 Å². The standard InChI is InChI=1S/C16H25NO/c1-3-4-5-9-15(17-2)13-11-12-18-16-10-7-6-8-14(13)16/h6-8,10,13,15,17H,3-5,9,11-12H2,1-2H3. The molecular weight excluding hydrogens is 222 g/mol. The van der Waals surface area contributed by atoms with Crippen LogP contribution in [-0.4, -0.2) is 19.7 Å². The Morgan fingerprint density at radius 2 is 2.17 bits per heavy atom. The zero-order valence-corrected chi connectivity index (χ0v) is 11.6. The highest BCUT2D eigenvalue weighted by Gasteiger charge is 2.27. The third-order valence-corrected chi connectivity index (χ3v) is 3.98. The number of hydrogen-bond donors (Lipinski definition) is 1. The van der Waals surface area contributed by atoms with Crippen molar-refractivity contribution < 1.29 is 4.74 Å². The van der Waals surface area contributed by atoms with Gasteiger partial charge in [-0.05, 0) is 31.5 Å². The molecule has 1 heterocycles. The molecule has 0 saturated heterocycles. The minimum Gasteiger partial charge on any atom is -0.493 e. The SMILES string of the molecule is CCCCCC(NC)C1CCOc2ccccc21. The van der Waals surface area contributed by atoms with Crippen molar-refractivity contribution in [2.24, 2.45) is 0 Å². The summed E-state index contributed by atoms with van der Waals surface area (Å²) in [7, 11) is 2.09. The Morgan fingerprint density at radius 3 is 2.94 bits per heavy atom. The molecular formula is C16H25NO. The Kier molecular flexibility index (Phi) is 5.06. The van der Waals surface area contributed by atoms with E-state index in [-0.39, 0.29) is 0 Å². The van der Waals surface area contributed by atoms with Crippen molar-refractivity contribution in [3.05, 3.63) is 29.8 Å². The minimum atomic E-state index is 0.585. The molecule has 1 aliphatic rings. The third-order valence-electron chi connectivity index (χ3n) is 3.98. The van der Waals surface area contributed by atoms with Crippen LogP contribution in [-0.2, 0) is 0 Å². The predicted octanol–water partition coefficient (Wildman–Crippen LogP) is 3.72. The summed E-state index contributed by atoms with van der Waals surface area (Å²) in [4.78, 5) is 0. The average molecular weight is 247 g/mol. The molecule has 2 nitrogen and oxygen atoms in total. The fourth-order valence-corrected chi connectivity index (χ4v) is 2.95. The second-order valence-corrected chi connectivity index (χ2v) is 5.17. The van der Waals surface area contributed by atoms with Gasteiger partial charge in [0.15, 0.2) is 0 Å². The largest absolute Gasteiger partial charge is 0.493 e. The van der Waals surface area contributed by atoms with E-state index in [4.69, 9.17) is 4.74 Å². The molecule has 2 rings (SSSR count). The fraction of sp³-hybridized carbons (Fsp3) is 0.625. The fourth-order valence-electron chi connectivity index (χ4n) is 2.95. The summed E-state index contributed by atoms with van der Waals surface area (Å²) in [5, 5.41) is 3.52. The smallest absolute Gasteiger partial charge is 0.122 e. The molecule has 2 unspecified atom stereocenters. The molecule has 2 heteroatoms. The zero-order valence-electron chi connectivity index (χ0n) is 11.6. The van der Waals surface area contributed by atoms with Gasteiger partial charge in [-0.25, -0.2) is 0 Å². The van der Waals surface area contributed by atoms with E-state index in [1.54, 1.807) is 0 Å². The van der Waals surface area contributed by atoms with Gasteiger partial charge < -0.3 is 10.1 Å². The van der Waals surface area contributed by atoms with Crippen LogP contribution in [0, 0.1) is 0 Å². The van der Waals surface area contributed by atoms with Crippen molar-refractivity contribution >= 4 is 0 Å². The predicted molar refractivity (Wildman–Crippen MR) is 76.3 cm³/mol. The van der Waals surface area contributed by atoms with Crippen LogP contribution in [0.1, 0.15) is 50.5 Å². The van der Waals surface area contributed by atoms with Crippen LogP contribution in [0.3, 0.4) is 0 Å². The monoisotopic (exact) mass is 247 g/mol. The summed E-state index contributed by atoms with van der Waals surface area (Å²) < 4.78 is 5.75. The topological polar surface area (TPSA) is 21.3 Å². The van der Waals surface area contributed by atoms with Crippen molar-refractivity contribution in [2.75, 3.05) is 13.7 Å². The van der Waals surface area contributed by atoms with Crippen LogP contribution in [0.4, 0.5) is 0 Å². The van der Waals surface area contributed by atoms with Crippen molar-refractivity contribution in [1.82, 2.24) is 5.32 Å². The van der Waals surface area contributed by atoms with Gasteiger partial charge in [-0.15, -0.1) is 0 Å². The highest BCUT2D eigenvalue weighted by molar-refractivity contribution is 5.38. The van der Waals surface area contributed by atoms with E-state index in [1.807, 2.05) is 0 Å². The number of fused-ring (bicyclic) bond motifs is 1. The van der Waals surface area contributed by atoms with Crippen LogP contribution in [0.25, 0.3) is 0 Å². The summed E-state index contributed by atoms with van der Waals surface area (Å²) in [6.07, 6.45) is 6.35. The average Bonchev–Trinajstić information content (AvgIpc) is 2.43.